The highest BCUT2D eigenvalue weighted by Gasteiger charge is 2.27. The molecule has 1 atom stereocenters. The lowest BCUT2D eigenvalue weighted by Crippen LogP contribution is -2.38. The summed E-state index contributed by atoms with van der Waals surface area (Å²) in [4.78, 5) is 19.2. The zero-order valence-corrected chi connectivity index (χ0v) is 15.9. The van der Waals surface area contributed by atoms with E-state index in [1.54, 1.807) is 7.11 Å². The van der Waals surface area contributed by atoms with Gasteiger partial charge in [0.25, 0.3) is 0 Å². The number of aryl methyl sites for hydroxylation is 1. The second-order valence-corrected chi connectivity index (χ2v) is 7.03. The van der Waals surface area contributed by atoms with Crippen molar-refractivity contribution < 1.29 is 9.53 Å². The fourth-order valence-corrected chi connectivity index (χ4v) is 3.49. The largest absolute Gasteiger partial charge is 0.497 e. The zero-order chi connectivity index (χ0) is 18.5. The molecule has 6 nitrogen and oxygen atoms in total. The van der Waals surface area contributed by atoms with Crippen LogP contribution in [0.1, 0.15) is 62.2 Å². The number of methoxy groups -OCH3 is 1. The number of hydrogen-bond acceptors (Lipinski definition) is 4. The average Bonchev–Trinajstić information content (AvgIpc) is 3.17. The lowest BCUT2D eigenvalue weighted by molar-refractivity contribution is -0.132. The zero-order valence-electron chi connectivity index (χ0n) is 15.9. The molecule has 1 aliphatic heterocycles. The van der Waals surface area contributed by atoms with E-state index in [9.17, 15) is 4.79 Å². The first-order chi connectivity index (χ1) is 12.6. The Morgan fingerprint density at radius 1 is 1.38 bits per heavy atom. The lowest BCUT2D eigenvalue weighted by atomic mass is 9.94. The van der Waals surface area contributed by atoms with Crippen molar-refractivity contribution in [3.63, 3.8) is 0 Å². The topological polar surface area (TPSA) is 71.1 Å². The molecule has 0 aliphatic carbocycles. The summed E-state index contributed by atoms with van der Waals surface area (Å²) < 4.78 is 5.28. The number of carbonyl (C=O) groups is 1. The highest BCUT2D eigenvalue weighted by atomic mass is 16.5. The van der Waals surface area contributed by atoms with Crippen molar-refractivity contribution in [2.24, 2.45) is 0 Å². The smallest absolute Gasteiger partial charge is 0.223 e. The van der Waals surface area contributed by atoms with Gasteiger partial charge in [0.15, 0.2) is 5.82 Å². The third-order valence-electron chi connectivity index (χ3n) is 5.24. The van der Waals surface area contributed by atoms with Crippen LogP contribution in [-0.4, -0.2) is 46.2 Å². The van der Waals surface area contributed by atoms with Crippen molar-refractivity contribution >= 4 is 5.91 Å². The fourth-order valence-electron chi connectivity index (χ4n) is 3.49. The van der Waals surface area contributed by atoms with Crippen LogP contribution in [-0.2, 0) is 11.2 Å². The molecule has 0 bridgehead atoms. The predicted octanol–water partition coefficient (Wildman–Crippen LogP) is 3.28. The molecule has 2 aromatic rings. The van der Waals surface area contributed by atoms with Crippen LogP contribution >= 0.6 is 0 Å². The Hall–Kier alpha value is -2.37. The molecule has 6 heteroatoms. The molecule has 1 unspecified atom stereocenters. The Bertz CT molecular complexity index is 735. The first-order valence-corrected chi connectivity index (χ1v) is 9.43. The van der Waals surface area contributed by atoms with Gasteiger partial charge in [0, 0.05) is 31.8 Å². The van der Waals surface area contributed by atoms with E-state index in [0.29, 0.717) is 12.3 Å². The van der Waals surface area contributed by atoms with Crippen molar-refractivity contribution in [3.05, 3.63) is 41.5 Å². The van der Waals surface area contributed by atoms with Gasteiger partial charge in [-0.1, -0.05) is 26.0 Å². The van der Waals surface area contributed by atoms with Crippen LogP contribution < -0.4 is 4.74 Å². The van der Waals surface area contributed by atoms with E-state index in [4.69, 9.17) is 4.74 Å². The van der Waals surface area contributed by atoms with Gasteiger partial charge in [0.1, 0.15) is 11.6 Å². The first kappa shape index (κ1) is 18.4. The maximum Gasteiger partial charge on any atom is 0.223 e. The maximum atomic E-state index is 12.7. The number of carbonyl (C=O) groups excluding carboxylic acids is 1. The molecular weight excluding hydrogens is 328 g/mol. The summed E-state index contributed by atoms with van der Waals surface area (Å²) in [5, 5.41) is 7.32. The molecule has 2 heterocycles. The van der Waals surface area contributed by atoms with Gasteiger partial charge >= 0.3 is 0 Å². The predicted molar refractivity (Wildman–Crippen MR) is 100 cm³/mol. The van der Waals surface area contributed by atoms with Crippen LogP contribution in [0.25, 0.3) is 0 Å². The van der Waals surface area contributed by atoms with Crippen LogP contribution in [0, 0.1) is 0 Å². The number of nitrogens with zero attached hydrogens (tertiary/aromatic N) is 3. The van der Waals surface area contributed by atoms with E-state index in [0.717, 1.165) is 55.3 Å². The number of aromatic amines is 1. The summed E-state index contributed by atoms with van der Waals surface area (Å²) in [5.41, 5.74) is 1.14. The third-order valence-corrected chi connectivity index (χ3v) is 5.24. The molecule has 1 N–H and O–H groups in total. The number of piperidine rings is 1. The van der Waals surface area contributed by atoms with Crippen molar-refractivity contribution in [1.82, 2.24) is 20.1 Å². The van der Waals surface area contributed by atoms with Crippen LogP contribution in [0.3, 0.4) is 0 Å². The Labute approximate surface area is 155 Å². The highest BCUT2D eigenvalue weighted by molar-refractivity contribution is 5.77. The number of ether oxygens (including phenoxy) is 1. The Kier molecular flexibility index (Phi) is 5.91. The van der Waals surface area contributed by atoms with Gasteiger partial charge in [-0.05, 0) is 36.5 Å². The van der Waals surface area contributed by atoms with Crippen LogP contribution in [0.15, 0.2) is 24.3 Å². The van der Waals surface area contributed by atoms with E-state index in [1.165, 1.54) is 0 Å². The van der Waals surface area contributed by atoms with Crippen molar-refractivity contribution in [2.45, 2.75) is 51.4 Å². The molecule has 1 saturated heterocycles. The minimum absolute atomic E-state index is 0.176. The summed E-state index contributed by atoms with van der Waals surface area (Å²) in [6.45, 7) is 5.73. The molecule has 0 radical (unpaired) electrons. The molecule has 1 fully saturated rings. The molecule has 140 valence electrons. The molecule has 1 aromatic carbocycles. The van der Waals surface area contributed by atoms with Gasteiger partial charge in [-0.3, -0.25) is 9.89 Å². The summed E-state index contributed by atoms with van der Waals surface area (Å²) in [5.74, 6) is 3.43. The van der Waals surface area contributed by atoms with E-state index in [2.05, 4.69) is 35.1 Å². The van der Waals surface area contributed by atoms with Gasteiger partial charge in [0.05, 0.1) is 7.11 Å². The number of hydrogen-bond donors (Lipinski definition) is 1. The first-order valence-electron chi connectivity index (χ1n) is 9.43. The van der Waals surface area contributed by atoms with Crippen molar-refractivity contribution in [2.75, 3.05) is 20.2 Å². The molecule has 0 saturated carbocycles. The molecule has 26 heavy (non-hydrogen) atoms. The third kappa shape index (κ3) is 4.23. The van der Waals surface area contributed by atoms with Gasteiger partial charge in [-0.15, -0.1) is 0 Å². The number of benzene rings is 1. The van der Waals surface area contributed by atoms with E-state index >= 15 is 0 Å². The normalized spacial score (nSPS) is 16.5. The molecule has 1 aliphatic rings. The monoisotopic (exact) mass is 356 g/mol. The minimum Gasteiger partial charge on any atom is -0.497 e. The van der Waals surface area contributed by atoms with Gasteiger partial charge < -0.3 is 9.64 Å². The Morgan fingerprint density at radius 3 is 2.81 bits per heavy atom. The molecule has 3 rings (SSSR count). The van der Waals surface area contributed by atoms with E-state index in [1.807, 2.05) is 23.1 Å². The van der Waals surface area contributed by atoms with E-state index in [-0.39, 0.29) is 11.8 Å². The van der Waals surface area contributed by atoms with E-state index < -0.39 is 0 Å². The number of aromatic nitrogens is 3. The molecular formula is C20H28N4O2. The minimum atomic E-state index is 0.176. The van der Waals surface area contributed by atoms with Gasteiger partial charge in [-0.25, -0.2) is 4.98 Å². The summed E-state index contributed by atoms with van der Waals surface area (Å²) in [7, 11) is 1.66. The van der Waals surface area contributed by atoms with Crippen LogP contribution in [0.2, 0.25) is 0 Å². The lowest BCUT2D eigenvalue weighted by Gasteiger charge is -2.31. The molecule has 1 amide bonds. The number of rotatable bonds is 6. The van der Waals surface area contributed by atoms with Gasteiger partial charge in [0.2, 0.25) is 5.91 Å². The maximum absolute atomic E-state index is 12.7. The quantitative estimate of drug-likeness (QED) is 0.862. The summed E-state index contributed by atoms with van der Waals surface area (Å²) >= 11 is 0. The Morgan fingerprint density at radius 2 is 2.15 bits per heavy atom. The van der Waals surface area contributed by atoms with Crippen LogP contribution in [0.5, 0.6) is 5.75 Å². The number of amides is 1. The number of H-pyrrole nitrogens is 1. The Balaban J connectivity index is 1.53. The second kappa shape index (κ2) is 8.34. The van der Waals surface area contributed by atoms with Crippen LogP contribution in [0.4, 0.5) is 0 Å². The summed E-state index contributed by atoms with van der Waals surface area (Å²) in [6.07, 6.45) is 3.26. The van der Waals surface area contributed by atoms with Gasteiger partial charge in [-0.2, -0.15) is 5.10 Å². The molecule has 0 spiro atoms. The van der Waals surface area contributed by atoms with Crippen molar-refractivity contribution in [3.8, 4) is 5.75 Å². The number of nitrogens with one attached hydrogen (secondary N) is 1. The fraction of sp³-hybridized carbons (Fsp3) is 0.550. The van der Waals surface area contributed by atoms with Crippen molar-refractivity contribution in [1.29, 1.82) is 0 Å². The molecule has 1 aromatic heterocycles. The second-order valence-electron chi connectivity index (χ2n) is 7.03. The SMILES string of the molecule is CCc1nc(C2CCN(C(=O)CC(C)c3cccc(OC)c3)CC2)n[nH]1. The number of likely N-dealkylation sites (tertiary alicyclic amines) is 1. The highest BCUT2D eigenvalue weighted by Crippen LogP contribution is 2.28. The summed E-state index contributed by atoms with van der Waals surface area (Å²) in [6, 6.07) is 7.97. The standard InChI is InChI=1S/C20H28N4O2/c1-4-18-21-20(23-22-18)15-8-10-24(11-9-15)19(25)12-14(2)16-6-5-7-17(13-16)26-3/h5-7,13-15H,4,8-12H2,1-3H3,(H,21,22,23). The average molecular weight is 356 g/mol.